The van der Waals surface area contributed by atoms with Gasteiger partial charge in [0.1, 0.15) is 11.5 Å². The standard InChI is InChI=1S/C31H20N2O5S/c34-28(24-10-5-17-39-24)27-26(19-11-14-20(15-12-19)33(37)38)31(29(35)21-7-2-3-8-22(21)30(31)36)25-16-13-18-6-1-4-9-23(18)32(25)27/h1-17,25-27H/t25?,26-,27+/m1/s1. The van der Waals surface area contributed by atoms with Crippen LogP contribution in [0.1, 0.15) is 47.4 Å². The number of carbonyl (C=O) groups is 3. The predicted molar refractivity (Wildman–Crippen MR) is 148 cm³/mol. The summed E-state index contributed by atoms with van der Waals surface area (Å²) >= 11 is 1.31. The van der Waals surface area contributed by atoms with E-state index in [-0.39, 0.29) is 23.0 Å². The number of nitro groups is 1. The molecule has 3 heterocycles. The Balaban J connectivity index is 1.54. The number of nitrogens with zero attached hydrogens (tertiary/aromatic N) is 2. The minimum Gasteiger partial charge on any atom is -0.352 e. The molecule has 3 aliphatic rings. The van der Waals surface area contributed by atoms with Crippen LogP contribution >= 0.6 is 11.3 Å². The molecule has 1 aromatic heterocycles. The lowest BCUT2D eigenvalue weighted by molar-refractivity contribution is -0.384. The Bertz CT molecular complexity index is 1690. The Morgan fingerprint density at radius 3 is 2.18 bits per heavy atom. The Hall–Kier alpha value is -4.69. The van der Waals surface area contributed by atoms with E-state index in [4.69, 9.17) is 0 Å². The monoisotopic (exact) mass is 532 g/mol. The molecule has 0 bridgehead atoms. The van der Waals surface area contributed by atoms with E-state index in [9.17, 15) is 24.5 Å². The molecule has 4 aromatic rings. The van der Waals surface area contributed by atoms with Gasteiger partial charge in [0.05, 0.1) is 15.8 Å². The lowest BCUT2D eigenvalue weighted by atomic mass is 9.64. The zero-order valence-corrected chi connectivity index (χ0v) is 21.2. The van der Waals surface area contributed by atoms with Crippen LogP contribution in [0, 0.1) is 15.5 Å². The lowest BCUT2D eigenvalue weighted by Gasteiger charge is -2.37. The van der Waals surface area contributed by atoms with Gasteiger partial charge in [-0.15, -0.1) is 11.3 Å². The van der Waals surface area contributed by atoms with Crippen LogP contribution in [-0.4, -0.2) is 34.4 Å². The van der Waals surface area contributed by atoms with Crippen LogP contribution in [0.2, 0.25) is 0 Å². The summed E-state index contributed by atoms with van der Waals surface area (Å²) in [7, 11) is 0. The molecule has 0 radical (unpaired) electrons. The van der Waals surface area contributed by atoms with Crippen LogP contribution in [0.3, 0.4) is 0 Å². The van der Waals surface area contributed by atoms with Gasteiger partial charge in [0.15, 0.2) is 17.3 Å². The van der Waals surface area contributed by atoms with E-state index in [1.807, 2.05) is 46.7 Å². The maximum absolute atomic E-state index is 14.5. The van der Waals surface area contributed by atoms with E-state index in [2.05, 4.69) is 0 Å². The van der Waals surface area contributed by atoms with Gasteiger partial charge in [-0.25, -0.2) is 0 Å². The van der Waals surface area contributed by atoms with Crippen molar-refractivity contribution >= 4 is 46.1 Å². The number of non-ortho nitro benzene ring substituents is 1. The minimum atomic E-state index is -1.62. The normalized spacial score (nSPS) is 22.1. The van der Waals surface area contributed by atoms with Crippen molar-refractivity contribution in [3.8, 4) is 0 Å². The number of nitro benzene ring substituents is 1. The summed E-state index contributed by atoms with van der Waals surface area (Å²) in [6.07, 6.45) is 3.77. The molecule has 1 unspecified atom stereocenters. The molecule has 1 spiro atoms. The van der Waals surface area contributed by atoms with Gasteiger partial charge in [-0.2, -0.15) is 0 Å². The van der Waals surface area contributed by atoms with Crippen molar-refractivity contribution in [2.75, 3.05) is 4.90 Å². The summed E-state index contributed by atoms with van der Waals surface area (Å²) < 4.78 is 0. The van der Waals surface area contributed by atoms with Crippen LogP contribution < -0.4 is 4.90 Å². The predicted octanol–water partition coefficient (Wildman–Crippen LogP) is 5.97. The highest BCUT2D eigenvalue weighted by Crippen LogP contribution is 2.61. The Labute approximate surface area is 227 Å². The first-order chi connectivity index (χ1) is 18.9. The highest BCUT2D eigenvalue weighted by Gasteiger charge is 2.71. The molecular formula is C31H20N2O5S. The van der Waals surface area contributed by atoms with Crippen LogP contribution in [0.4, 0.5) is 11.4 Å². The number of hydrogen-bond acceptors (Lipinski definition) is 7. The van der Waals surface area contributed by atoms with Crippen molar-refractivity contribution in [2.45, 2.75) is 18.0 Å². The molecule has 8 heteroatoms. The fourth-order valence-corrected chi connectivity index (χ4v) is 7.36. The molecule has 39 heavy (non-hydrogen) atoms. The van der Waals surface area contributed by atoms with Crippen molar-refractivity contribution in [1.82, 2.24) is 0 Å². The number of Topliss-reactive ketones (excluding diaryl/α,β-unsaturated/α-hetero) is 3. The molecule has 1 fully saturated rings. The second-order valence-corrected chi connectivity index (χ2v) is 10.9. The van der Waals surface area contributed by atoms with Crippen molar-refractivity contribution in [1.29, 1.82) is 0 Å². The van der Waals surface area contributed by atoms with Gasteiger partial charge >= 0.3 is 0 Å². The number of para-hydroxylation sites is 1. The summed E-state index contributed by atoms with van der Waals surface area (Å²) in [6.45, 7) is 0. The Morgan fingerprint density at radius 2 is 1.54 bits per heavy atom. The summed E-state index contributed by atoms with van der Waals surface area (Å²) in [5, 5.41) is 13.3. The quantitative estimate of drug-likeness (QED) is 0.139. The van der Waals surface area contributed by atoms with Crippen LogP contribution in [0.5, 0.6) is 0 Å². The lowest BCUT2D eigenvalue weighted by Crippen LogP contribution is -2.48. The molecule has 1 saturated heterocycles. The number of carbonyl (C=O) groups excluding carboxylic acids is 3. The van der Waals surface area contributed by atoms with E-state index in [1.165, 1.54) is 23.5 Å². The molecule has 3 aromatic carbocycles. The van der Waals surface area contributed by atoms with Crippen LogP contribution in [0.25, 0.3) is 6.08 Å². The molecule has 3 atom stereocenters. The molecule has 0 saturated carbocycles. The fraction of sp³-hybridized carbons (Fsp3) is 0.129. The van der Waals surface area contributed by atoms with Crippen LogP contribution in [-0.2, 0) is 0 Å². The zero-order valence-electron chi connectivity index (χ0n) is 20.4. The van der Waals surface area contributed by atoms with Crippen molar-refractivity contribution in [2.24, 2.45) is 5.41 Å². The number of rotatable bonds is 4. The van der Waals surface area contributed by atoms with Gasteiger partial charge < -0.3 is 4.90 Å². The Kier molecular flexibility index (Phi) is 5.05. The fourth-order valence-electron chi connectivity index (χ4n) is 6.66. The molecule has 0 N–H and O–H groups in total. The third kappa shape index (κ3) is 3.06. The van der Waals surface area contributed by atoms with Crippen molar-refractivity contribution in [3.05, 3.63) is 134 Å². The number of ketones is 3. The summed E-state index contributed by atoms with van der Waals surface area (Å²) in [6, 6.07) is 22.2. The average Bonchev–Trinajstić information content (AvgIpc) is 3.66. The minimum absolute atomic E-state index is 0.109. The van der Waals surface area contributed by atoms with Gasteiger partial charge in [-0.1, -0.05) is 72.8 Å². The SMILES string of the molecule is O=C(c1cccs1)[C@@H]1[C@@H](c2ccc([N+](=O)[O-])cc2)C2(C(=O)c3ccccc3C2=O)C2C=Cc3ccccc3N21. The summed E-state index contributed by atoms with van der Waals surface area (Å²) in [4.78, 5) is 56.8. The van der Waals surface area contributed by atoms with Gasteiger partial charge in [-0.3, -0.25) is 24.5 Å². The van der Waals surface area contributed by atoms with Crippen molar-refractivity contribution in [3.63, 3.8) is 0 Å². The van der Waals surface area contributed by atoms with E-state index in [0.717, 1.165) is 11.3 Å². The number of anilines is 1. The first-order valence-corrected chi connectivity index (χ1v) is 13.4. The average molecular weight is 533 g/mol. The summed E-state index contributed by atoms with van der Waals surface area (Å²) in [5.41, 5.74) is 1.12. The van der Waals surface area contributed by atoms with Crippen LogP contribution in [0.15, 0.2) is 96.4 Å². The molecular weight excluding hydrogens is 512 g/mol. The Morgan fingerprint density at radius 1 is 0.872 bits per heavy atom. The topological polar surface area (TPSA) is 97.6 Å². The first kappa shape index (κ1) is 23.4. The largest absolute Gasteiger partial charge is 0.352 e. The maximum Gasteiger partial charge on any atom is 0.269 e. The van der Waals surface area contributed by atoms with Gasteiger partial charge in [0.25, 0.3) is 5.69 Å². The number of hydrogen-bond donors (Lipinski definition) is 0. The van der Waals surface area contributed by atoms with Gasteiger partial charge in [0, 0.05) is 34.9 Å². The second-order valence-electron chi connectivity index (χ2n) is 9.96. The molecule has 7 nitrogen and oxygen atoms in total. The van der Waals surface area contributed by atoms with E-state index in [0.29, 0.717) is 21.6 Å². The number of fused-ring (bicyclic) bond motifs is 5. The third-order valence-corrected chi connectivity index (χ3v) is 9.09. The summed E-state index contributed by atoms with van der Waals surface area (Å²) in [5.74, 6) is -1.74. The van der Waals surface area contributed by atoms with Crippen molar-refractivity contribution < 1.29 is 19.3 Å². The molecule has 1 aliphatic carbocycles. The zero-order chi connectivity index (χ0) is 26.9. The first-order valence-electron chi connectivity index (χ1n) is 12.5. The second kappa shape index (κ2) is 8.41. The number of thiophene rings is 1. The van der Waals surface area contributed by atoms with Gasteiger partial charge in [-0.05, 0) is 28.6 Å². The molecule has 190 valence electrons. The smallest absolute Gasteiger partial charge is 0.269 e. The van der Waals surface area contributed by atoms with E-state index in [1.54, 1.807) is 48.5 Å². The molecule has 2 aliphatic heterocycles. The van der Waals surface area contributed by atoms with E-state index >= 15 is 0 Å². The molecule has 7 rings (SSSR count). The third-order valence-electron chi connectivity index (χ3n) is 8.21. The number of benzene rings is 3. The highest BCUT2D eigenvalue weighted by atomic mass is 32.1. The van der Waals surface area contributed by atoms with Gasteiger partial charge in [0.2, 0.25) is 0 Å². The van der Waals surface area contributed by atoms with E-state index < -0.39 is 28.3 Å². The maximum atomic E-state index is 14.5. The highest BCUT2D eigenvalue weighted by molar-refractivity contribution is 7.12. The molecule has 0 amide bonds.